The van der Waals surface area contributed by atoms with Crippen LogP contribution in [0.1, 0.15) is 64.7 Å². The van der Waals surface area contributed by atoms with Crippen molar-refractivity contribution in [3.63, 3.8) is 0 Å². The minimum atomic E-state index is -0.801. The summed E-state index contributed by atoms with van der Waals surface area (Å²) in [6.07, 6.45) is 12.1. The Hall–Kier alpha value is -1.46. The molecule has 0 aromatic carbocycles. The first-order valence-corrected chi connectivity index (χ1v) is 9.39. The van der Waals surface area contributed by atoms with Crippen molar-refractivity contribution in [3.8, 4) is 0 Å². The van der Waals surface area contributed by atoms with Crippen LogP contribution in [0.15, 0.2) is 24.3 Å². The number of aliphatic hydroxyl groups excluding tert-OH is 2. The van der Waals surface area contributed by atoms with Crippen LogP contribution in [0, 0.1) is 11.8 Å². The number of rotatable bonds is 12. The number of ketones is 1. The molecular formula is C20H32O5. The third-order valence-electron chi connectivity index (χ3n) is 4.71. The van der Waals surface area contributed by atoms with Crippen LogP contribution in [0.4, 0.5) is 0 Å². The fraction of sp³-hybridized carbons (Fsp3) is 0.700. The van der Waals surface area contributed by atoms with Gasteiger partial charge in [0.05, 0.1) is 12.2 Å². The Labute approximate surface area is 150 Å². The van der Waals surface area contributed by atoms with Crippen LogP contribution >= 0.6 is 0 Å². The van der Waals surface area contributed by atoms with Gasteiger partial charge in [-0.25, -0.2) is 0 Å². The molecule has 1 aliphatic carbocycles. The molecule has 1 saturated carbocycles. The van der Waals surface area contributed by atoms with E-state index in [2.05, 4.69) is 6.92 Å². The summed E-state index contributed by atoms with van der Waals surface area (Å²) >= 11 is 0. The van der Waals surface area contributed by atoms with Gasteiger partial charge in [0, 0.05) is 24.7 Å². The summed E-state index contributed by atoms with van der Waals surface area (Å²) in [6, 6.07) is 0. The Bertz CT molecular complexity index is 469. The summed E-state index contributed by atoms with van der Waals surface area (Å²) in [4.78, 5) is 22.5. The molecule has 1 fully saturated rings. The van der Waals surface area contributed by atoms with Crippen molar-refractivity contribution in [3.05, 3.63) is 24.3 Å². The van der Waals surface area contributed by atoms with Gasteiger partial charge in [-0.05, 0) is 25.7 Å². The van der Waals surface area contributed by atoms with Gasteiger partial charge in [0.15, 0.2) is 0 Å². The third-order valence-corrected chi connectivity index (χ3v) is 4.71. The van der Waals surface area contributed by atoms with Crippen LogP contribution < -0.4 is 0 Å². The molecule has 0 heterocycles. The molecule has 5 nitrogen and oxygen atoms in total. The van der Waals surface area contributed by atoms with Gasteiger partial charge in [-0.3, -0.25) is 9.59 Å². The number of carbonyl (C=O) groups excluding carboxylic acids is 1. The van der Waals surface area contributed by atoms with Gasteiger partial charge in [0.1, 0.15) is 5.78 Å². The topological polar surface area (TPSA) is 94.8 Å². The van der Waals surface area contributed by atoms with E-state index in [0.29, 0.717) is 25.7 Å². The van der Waals surface area contributed by atoms with Crippen molar-refractivity contribution in [2.24, 2.45) is 11.8 Å². The molecule has 0 saturated heterocycles. The number of aliphatic carboxylic acids is 1. The lowest BCUT2D eigenvalue weighted by Crippen LogP contribution is -2.18. The van der Waals surface area contributed by atoms with Gasteiger partial charge in [0.25, 0.3) is 0 Å². The van der Waals surface area contributed by atoms with E-state index in [4.69, 9.17) is 5.11 Å². The molecule has 5 heteroatoms. The first kappa shape index (κ1) is 21.6. The zero-order chi connectivity index (χ0) is 18.7. The monoisotopic (exact) mass is 352 g/mol. The van der Waals surface area contributed by atoms with E-state index in [-0.39, 0.29) is 30.5 Å². The van der Waals surface area contributed by atoms with E-state index < -0.39 is 18.2 Å². The summed E-state index contributed by atoms with van der Waals surface area (Å²) in [5.74, 6) is -1.26. The summed E-state index contributed by atoms with van der Waals surface area (Å²) < 4.78 is 0. The number of aliphatic hydroxyl groups is 2. The predicted octanol–water partition coefficient (Wildman–Crippen LogP) is 3.25. The van der Waals surface area contributed by atoms with Crippen LogP contribution in [0.5, 0.6) is 0 Å². The van der Waals surface area contributed by atoms with Crippen molar-refractivity contribution in [1.82, 2.24) is 0 Å². The fourth-order valence-electron chi connectivity index (χ4n) is 3.22. The number of allylic oxidation sites excluding steroid dienone is 2. The first-order valence-electron chi connectivity index (χ1n) is 9.39. The SMILES string of the molecule is CCCCC[C@H](O)/C=C/[C@H]1C(O)CC(=O)[C@H]1C/C=C\CCCC(=O)O. The number of hydrogen-bond donors (Lipinski definition) is 3. The minimum absolute atomic E-state index is 0.0535. The Morgan fingerprint density at radius 2 is 2.04 bits per heavy atom. The Kier molecular flexibility index (Phi) is 10.3. The molecule has 1 aliphatic rings. The van der Waals surface area contributed by atoms with Gasteiger partial charge in [-0.2, -0.15) is 0 Å². The standard InChI is InChI=1S/C20H32O5/c1-2-3-6-9-15(21)12-13-17-16(18(22)14-19(17)23)10-7-4-5-8-11-20(24)25/h4,7,12-13,15-17,19,21,23H,2-3,5-6,8-11,14H2,1H3,(H,24,25)/b7-4-,13-12+/t15-,16-,17+,19?/m0/s1. The average molecular weight is 352 g/mol. The Morgan fingerprint density at radius 1 is 1.28 bits per heavy atom. The number of hydrogen-bond acceptors (Lipinski definition) is 4. The van der Waals surface area contributed by atoms with Gasteiger partial charge >= 0.3 is 5.97 Å². The molecule has 0 radical (unpaired) electrons. The highest BCUT2D eigenvalue weighted by Gasteiger charge is 2.39. The van der Waals surface area contributed by atoms with Crippen molar-refractivity contribution in [2.75, 3.05) is 0 Å². The van der Waals surface area contributed by atoms with E-state index in [1.165, 1.54) is 0 Å². The van der Waals surface area contributed by atoms with Gasteiger partial charge < -0.3 is 15.3 Å². The maximum Gasteiger partial charge on any atom is 0.303 e. The molecular weight excluding hydrogens is 320 g/mol. The van der Waals surface area contributed by atoms with Crippen molar-refractivity contribution in [1.29, 1.82) is 0 Å². The zero-order valence-electron chi connectivity index (χ0n) is 15.1. The minimum Gasteiger partial charge on any atom is -0.481 e. The molecule has 3 N–H and O–H groups in total. The molecule has 1 rings (SSSR count). The van der Waals surface area contributed by atoms with Crippen LogP contribution in [-0.2, 0) is 9.59 Å². The van der Waals surface area contributed by atoms with Crippen molar-refractivity contribution in [2.45, 2.75) is 76.9 Å². The Morgan fingerprint density at radius 3 is 2.72 bits per heavy atom. The predicted molar refractivity (Wildman–Crippen MR) is 97.1 cm³/mol. The molecule has 0 aromatic heterocycles. The van der Waals surface area contributed by atoms with E-state index in [9.17, 15) is 19.8 Å². The lowest BCUT2D eigenvalue weighted by Gasteiger charge is -2.16. The second kappa shape index (κ2) is 12.0. The summed E-state index contributed by atoms with van der Waals surface area (Å²) in [5, 5.41) is 28.7. The average Bonchev–Trinajstić information content (AvgIpc) is 2.82. The van der Waals surface area contributed by atoms with E-state index in [0.717, 1.165) is 19.3 Å². The van der Waals surface area contributed by atoms with Crippen LogP contribution in [-0.4, -0.2) is 39.3 Å². The fourth-order valence-corrected chi connectivity index (χ4v) is 3.22. The molecule has 142 valence electrons. The number of carboxylic acid groups (broad SMARTS) is 1. The lowest BCUT2D eigenvalue weighted by molar-refractivity contribution is -0.137. The normalized spacial score (nSPS) is 25.2. The summed E-state index contributed by atoms with van der Waals surface area (Å²) in [6.45, 7) is 2.11. The summed E-state index contributed by atoms with van der Waals surface area (Å²) in [5.41, 5.74) is 0. The van der Waals surface area contributed by atoms with Crippen LogP contribution in [0.2, 0.25) is 0 Å². The maximum absolute atomic E-state index is 12.1. The van der Waals surface area contributed by atoms with E-state index >= 15 is 0 Å². The van der Waals surface area contributed by atoms with E-state index in [1.54, 1.807) is 12.2 Å². The van der Waals surface area contributed by atoms with E-state index in [1.807, 2.05) is 12.2 Å². The van der Waals surface area contributed by atoms with Crippen LogP contribution in [0.25, 0.3) is 0 Å². The zero-order valence-corrected chi connectivity index (χ0v) is 15.1. The number of carbonyl (C=O) groups is 2. The lowest BCUT2D eigenvalue weighted by atomic mass is 9.90. The van der Waals surface area contributed by atoms with Crippen LogP contribution in [0.3, 0.4) is 0 Å². The quantitative estimate of drug-likeness (QED) is 0.370. The number of unbranched alkanes of at least 4 members (excludes halogenated alkanes) is 3. The highest BCUT2D eigenvalue weighted by atomic mass is 16.4. The maximum atomic E-state index is 12.1. The Balaban J connectivity index is 2.48. The summed E-state index contributed by atoms with van der Waals surface area (Å²) in [7, 11) is 0. The molecule has 0 aliphatic heterocycles. The molecule has 1 unspecified atom stereocenters. The van der Waals surface area contributed by atoms with Gasteiger partial charge in [-0.15, -0.1) is 0 Å². The molecule has 0 aromatic rings. The third kappa shape index (κ3) is 8.45. The second-order valence-electron chi connectivity index (χ2n) is 6.86. The van der Waals surface area contributed by atoms with Crippen molar-refractivity contribution >= 4 is 11.8 Å². The number of carboxylic acids is 1. The first-order chi connectivity index (χ1) is 12.0. The molecule has 25 heavy (non-hydrogen) atoms. The highest BCUT2D eigenvalue weighted by molar-refractivity contribution is 5.84. The smallest absolute Gasteiger partial charge is 0.303 e. The molecule has 0 bridgehead atoms. The van der Waals surface area contributed by atoms with Crippen molar-refractivity contribution < 1.29 is 24.9 Å². The van der Waals surface area contributed by atoms with Gasteiger partial charge in [0.2, 0.25) is 0 Å². The number of Topliss-reactive ketones (excluding diaryl/α,β-unsaturated/α-hetero) is 1. The molecule has 4 atom stereocenters. The largest absolute Gasteiger partial charge is 0.481 e. The molecule has 0 spiro atoms. The highest BCUT2D eigenvalue weighted by Crippen LogP contribution is 2.33. The van der Waals surface area contributed by atoms with Gasteiger partial charge in [-0.1, -0.05) is 50.5 Å². The molecule has 0 amide bonds. The second-order valence-corrected chi connectivity index (χ2v) is 6.86.